The number of hydrogen-bond acceptors (Lipinski definition) is 3. The van der Waals surface area contributed by atoms with E-state index in [9.17, 15) is 23.5 Å². The molecule has 0 bridgehead atoms. The van der Waals surface area contributed by atoms with E-state index >= 15 is 0 Å². The van der Waals surface area contributed by atoms with Gasteiger partial charge in [0, 0.05) is 29.9 Å². The molecule has 1 aromatic rings. The van der Waals surface area contributed by atoms with Gasteiger partial charge < -0.3 is 10.2 Å². The molecular formula is C22H24F2O4. The molecular weight excluding hydrogens is 366 g/mol. The van der Waals surface area contributed by atoms with Crippen LogP contribution in [0.1, 0.15) is 39.7 Å². The van der Waals surface area contributed by atoms with E-state index < -0.39 is 28.6 Å². The van der Waals surface area contributed by atoms with Gasteiger partial charge in [0.2, 0.25) is 0 Å². The second kappa shape index (κ2) is 7.80. The van der Waals surface area contributed by atoms with Crippen LogP contribution in [0.4, 0.5) is 8.78 Å². The Balaban J connectivity index is 2.50. The Morgan fingerprint density at radius 3 is 2.46 bits per heavy atom. The van der Waals surface area contributed by atoms with Crippen molar-refractivity contribution in [1.29, 1.82) is 0 Å². The van der Waals surface area contributed by atoms with Crippen molar-refractivity contribution in [3.05, 3.63) is 70.3 Å². The van der Waals surface area contributed by atoms with Crippen LogP contribution in [-0.4, -0.2) is 27.6 Å². The monoisotopic (exact) mass is 390 g/mol. The number of rotatable bonds is 5. The van der Waals surface area contributed by atoms with Gasteiger partial charge in [0.25, 0.3) is 0 Å². The Labute approximate surface area is 162 Å². The normalized spacial score (nSPS) is 22.8. The molecule has 2 rings (SSSR count). The second-order valence-corrected chi connectivity index (χ2v) is 7.84. The summed E-state index contributed by atoms with van der Waals surface area (Å²) in [4.78, 5) is 23.5. The number of carboxylic acid groups (broad SMARTS) is 1. The lowest BCUT2D eigenvalue weighted by molar-refractivity contribution is -0.131. The lowest BCUT2D eigenvalue weighted by atomic mass is 9.62. The zero-order chi connectivity index (χ0) is 21.3. The van der Waals surface area contributed by atoms with Gasteiger partial charge in [0.15, 0.2) is 17.4 Å². The summed E-state index contributed by atoms with van der Waals surface area (Å²) in [5.74, 6) is -3.23. The summed E-state index contributed by atoms with van der Waals surface area (Å²) < 4.78 is 26.7. The van der Waals surface area contributed by atoms with Crippen LogP contribution in [0.5, 0.6) is 0 Å². The van der Waals surface area contributed by atoms with Crippen LogP contribution in [0.2, 0.25) is 0 Å². The lowest BCUT2D eigenvalue weighted by Gasteiger charge is -2.45. The van der Waals surface area contributed by atoms with Crippen molar-refractivity contribution in [1.82, 2.24) is 0 Å². The van der Waals surface area contributed by atoms with Crippen LogP contribution < -0.4 is 0 Å². The first-order valence-electron chi connectivity index (χ1n) is 8.87. The van der Waals surface area contributed by atoms with Crippen molar-refractivity contribution in [2.45, 2.75) is 46.1 Å². The summed E-state index contributed by atoms with van der Waals surface area (Å²) in [6.07, 6.45) is 4.14. The summed E-state index contributed by atoms with van der Waals surface area (Å²) in [6, 6.07) is 3.45. The first-order chi connectivity index (χ1) is 12.9. The number of carbonyl (C=O) groups excluding carboxylic acids is 1. The van der Waals surface area contributed by atoms with Gasteiger partial charge in [-0.1, -0.05) is 26.0 Å². The highest BCUT2D eigenvalue weighted by molar-refractivity contribution is 5.98. The number of aliphatic hydroxyl groups is 1. The SMILES string of the molecule is CC(C=C[C@@]1(O)C(C)=C(Cc2ccc(F)c(F)c2)C(=O)CC1(C)C)=CC(=O)O. The molecule has 1 aromatic carbocycles. The molecule has 6 heteroatoms. The number of carboxylic acids is 1. The van der Waals surface area contributed by atoms with Gasteiger partial charge in [-0.3, -0.25) is 4.79 Å². The molecule has 0 spiro atoms. The highest BCUT2D eigenvalue weighted by atomic mass is 19.2. The summed E-state index contributed by atoms with van der Waals surface area (Å²) in [5.41, 5.74) is -0.706. The molecule has 0 fully saturated rings. The zero-order valence-corrected chi connectivity index (χ0v) is 16.3. The van der Waals surface area contributed by atoms with Crippen LogP contribution in [0.25, 0.3) is 0 Å². The third-order valence-corrected chi connectivity index (χ3v) is 5.30. The van der Waals surface area contributed by atoms with Crippen LogP contribution >= 0.6 is 0 Å². The van der Waals surface area contributed by atoms with Crippen molar-refractivity contribution in [2.24, 2.45) is 5.41 Å². The average Bonchev–Trinajstić information content (AvgIpc) is 2.57. The van der Waals surface area contributed by atoms with Gasteiger partial charge in [0.05, 0.1) is 0 Å². The third kappa shape index (κ3) is 4.28. The van der Waals surface area contributed by atoms with Crippen LogP contribution in [0, 0.1) is 17.0 Å². The summed E-state index contributed by atoms with van der Waals surface area (Å²) in [5, 5.41) is 20.2. The van der Waals surface area contributed by atoms with Gasteiger partial charge in [-0.25, -0.2) is 13.6 Å². The molecule has 150 valence electrons. The van der Waals surface area contributed by atoms with Gasteiger partial charge in [0.1, 0.15) is 5.60 Å². The van der Waals surface area contributed by atoms with Crippen molar-refractivity contribution in [2.75, 3.05) is 0 Å². The number of carbonyl (C=O) groups is 2. The molecule has 28 heavy (non-hydrogen) atoms. The maximum Gasteiger partial charge on any atom is 0.328 e. The molecule has 1 aliphatic rings. The van der Waals surface area contributed by atoms with Crippen LogP contribution in [-0.2, 0) is 16.0 Å². The average molecular weight is 390 g/mol. The van der Waals surface area contributed by atoms with Gasteiger partial charge >= 0.3 is 5.97 Å². The second-order valence-electron chi connectivity index (χ2n) is 7.84. The first kappa shape index (κ1) is 21.7. The predicted octanol–water partition coefficient (Wildman–Crippen LogP) is 4.14. The van der Waals surface area contributed by atoms with E-state index in [-0.39, 0.29) is 18.6 Å². The Bertz CT molecular complexity index is 909. The van der Waals surface area contributed by atoms with E-state index in [0.717, 1.165) is 18.2 Å². The first-order valence-corrected chi connectivity index (χ1v) is 8.87. The molecule has 0 saturated carbocycles. The van der Waals surface area contributed by atoms with E-state index in [0.29, 0.717) is 22.3 Å². The Morgan fingerprint density at radius 2 is 1.89 bits per heavy atom. The number of aliphatic carboxylic acids is 1. The van der Waals surface area contributed by atoms with E-state index in [2.05, 4.69) is 0 Å². The van der Waals surface area contributed by atoms with Gasteiger partial charge in [-0.15, -0.1) is 0 Å². The maximum absolute atomic E-state index is 13.5. The summed E-state index contributed by atoms with van der Waals surface area (Å²) in [7, 11) is 0. The van der Waals surface area contributed by atoms with Crippen LogP contribution in [0.15, 0.2) is 53.1 Å². The third-order valence-electron chi connectivity index (χ3n) is 5.30. The standard InChI is InChI=1S/C22H24F2O4/c1-13(9-20(26)27)7-8-22(28)14(2)16(19(25)12-21(22,3)4)10-15-5-6-17(23)18(24)11-15/h5-9,11,28H,10,12H2,1-4H3,(H,26,27)/t22-/m1/s1. The maximum atomic E-state index is 13.5. The predicted molar refractivity (Wildman–Crippen MR) is 102 cm³/mol. The zero-order valence-electron chi connectivity index (χ0n) is 16.3. The fourth-order valence-corrected chi connectivity index (χ4v) is 3.52. The number of ketones is 1. The molecule has 0 saturated heterocycles. The number of hydrogen-bond donors (Lipinski definition) is 2. The minimum Gasteiger partial charge on any atom is -0.478 e. The molecule has 0 heterocycles. The lowest BCUT2D eigenvalue weighted by Crippen LogP contribution is -2.49. The molecule has 0 aromatic heterocycles. The number of halogens is 2. The van der Waals surface area contributed by atoms with Crippen LogP contribution in [0.3, 0.4) is 0 Å². The highest BCUT2D eigenvalue weighted by Gasteiger charge is 2.49. The number of benzene rings is 1. The van der Waals surface area contributed by atoms with Crippen molar-refractivity contribution < 1.29 is 28.6 Å². The molecule has 0 aliphatic heterocycles. The smallest absolute Gasteiger partial charge is 0.328 e. The van der Waals surface area contributed by atoms with E-state index in [1.54, 1.807) is 27.7 Å². The summed E-state index contributed by atoms with van der Waals surface area (Å²) in [6.45, 7) is 6.73. The quantitative estimate of drug-likeness (QED) is 0.585. The topological polar surface area (TPSA) is 74.6 Å². The van der Waals surface area contributed by atoms with Crippen molar-refractivity contribution >= 4 is 11.8 Å². The summed E-state index contributed by atoms with van der Waals surface area (Å²) >= 11 is 0. The van der Waals surface area contributed by atoms with E-state index in [4.69, 9.17) is 5.11 Å². The van der Waals surface area contributed by atoms with E-state index in [1.807, 2.05) is 0 Å². The largest absolute Gasteiger partial charge is 0.478 e. The molecule has 4 nitrogen and oxygen atoms in total. The molecule has 1 aliphatic carbocycles. The van der Waals surface area contributed by atoms with Crippen molar-refractivity contribution in [3.8, 4) is 0 Å². The Hall–Kier alpha value is -2.60. The van der Waals surface area contributed by atoms with Gasteiger partial charge in [-0.2, -0.15) is 0 Å². The molecule has 2 N–H and O–H groups in total. The molecule has 0 radical (unpaired) electrons. The minimum absolute atomic E-state index is 0.0614. The number of allylic oxidation sites excluding steroid dienone is 3. The fourth-order valence-electron chi connectivity index (χ4n) is 3.52. The highest BCUT2D eigenvalue weighted by Crippen LogP contribution is 2.47. The van der Waals surface area contributed by atoms with Gasteiger partial charge in [-0.05, 0) is 48.8 Å². The Morgan fingerprint density at radius 1 is 1.25 bits per heavy atom. The minimum atomic E-state index is -1.50. The molecule has 0 amide bonds. The number of Topliss-reactive ketones (excluding diaryl/α,β-unsaturated/α-hetero) is 1. The van der Waals surface area contributed by atoms with E-state index in [1.165, 1.54) is 18.2 Å². The Kier molecular flexibility index (Phi) is 6.04. The molecule has 0 unspecified atom stereocenters. The molecule has 1 atom stereocenters. The van der Waals surface area contributed by atoms with Crippen molar-refractivity contribution in [3.63, 3.8) is 0 Å². The fraction of sp³-hybridized carbons (Fsp3) is 0.364.